The van der Waals surface area contributed by atoms with Crippen LogP contribution in [0.4, 0.5) is 0 Å². The zero-order chi connectivity index (χ0) is 0. The third kappa shape index (κ3) is 8.85. The van der Waals surface area contributed by atoms with E-state index in [0.717, 1.165) is 0 Å². The van der Waals surface area contributed by atoms with Gasteiger partial charge in [-0.3, -0.25) is 0 Å². The summed E-state index contributed by atoms with van der Waals surface area (Å²) in [6.07, 6.45) is 0. The first-order chi connectivity index (χ1) is 0. The molecule has 0 fully saturated rings. The molecule has 0 aromatic heterocycles. The molecule has 0 rings (SSSR count). The number of hydrogen-bond acceptors (Lipinski definition) is 0. The molecule has 0 amide bonds. The van der Waals surface area contributed by atoms with Crippen molar-refractivity contribution < 1.29 is 38.9 Å². The van der Waals surface area contributed by atoms with Crippen molar-refractivity contribution in [2.24, 2.45) is 0 Å². The van der Waals surface area contributed by atoms with Gasteiger partial charge in [-0.25, -0.2) is 0 Å². The summed E-state index contributed by atoms with van der Waals surface area (Å²) in [7, 11) is 0. The van der Waals surface area contributed by atoms with Gasteiger partial charge in [0.1, 0.15) is 0 Å². The second kappa shape index (κ2) is 17.0. The average molecular weight is 493 g/mol. The molecule has 0 aliphatic rings. The van der Waals surface area contributed by atoms with Crippen LogP contribution in [-0.4, -0.2) is 47.8 Å². The van der Waals surface area contributed by atoms with Crippen LogP contribution in [0.5, 0.6) is 0 Å². The third-order valence-corrected chi connectivity index (χ3v) is 0. The predicted octanol–water partition coefficient (Wildman–Crippen LogP) is -0.767. The molecule has 0 bridgehead atoms. The minimum atomic E-state index is 0. The zero-order valence-corrected chi connectivity index (χ0v) is 10.5. The number of rotatable bonds is 0. The molecule has 0 N–H and O–H groups in total. The maximum atomic E-state index is 0. The standard InChI is InChI=1S/Au.Ni.2Sn. The summed E-state index contributed by atoms with van der Waals surface area (Å²) in [5, 5.41) is 0. The van der Waals surface area contributed by atoms with Gasteiger partial charge in [0.25, 0.3) is 0 Å². The second-order valence-corrected chi connectivity index (χ2v) is 0. The molecule has 0 nitrogen and oxygen atoms in total. The Morgan fingerprint density at radius 2 is 0.750 bits per heavy atom. The summed E-state index contributed by atoms with van der Waals surface area (Å²) in [6, 6.07) is 0. The van der Waals surface area contributed by atoms with Crippen LogP contribution in [0.3, 0.4) is 0 Å². The fourth-order valence-electron chi connectivity index (χ4n) is 0. The van der Waals surface area contributed by atoms with Gasteiger partial charge in [0.2, 0.25) is 0 Å². The molecule has 0 aromatic carbocycles. The van der Waals surface area contributed by atoms with E-state index in [2.05, 4.69) is 0 Å². The van der Waals surface area contributed by atoms with Crippen LogP contribution in [0.25, 0.3) is 0 Å². The molecule has 0 spiro atoms. The van der Waals surface area contributed by atoms with Crippen LogP contribution >= 0.6 is 0 Å². The Hall–Kier alpha value is 2.83. The molecule has 0 aromatic rings. The van der Waals surface area contributed by atoms with Crippen molar-refractivity contribution >= 4 is 47.8 Å². The van der Waals surface area contributed by atoms with Gasteiger partial charge < -0.3 is 0 Å². The maximum Gasteiger partial charge on any atom is 0 e. The largest absolute Gasteiger partial charge is 0 e. The van der Waals surface area contributed by atoms with Gasteiger partial charge in [-0.1, -0.05) is 0 Å². The number of hydrogen-bond donors (Lipinski definition) is 0. The second-order valence-electron chi connectivity index (χ2n) is 0. The van der Waals surface area contributed by atoms with Gasteiger partial charge in [0.05, 0.1) is 0 Å². The monoisotopic (exact) mass is 495 g/mol. The normalized spacial score (nSPS) is 0. The molecular weight excluding hydrogens is 493 g/mol. The fourth-order valence-corrected chi connectivity index (χ4v) is 0. The maximum absolute atomic E-state index is 0. The van der Waals surface area contributed by atoms with Gasteiger partial charge in [-0.15, -0.1) is 0 Å². The molecule has 29 valence electrons. The Morgan fingerprint density at radius 3 is 0.750 bits per heavy atom. The summed E-state index contributed by atoms with van der Waals surface area (Å²) in [6.45, 7) is 0. The van der Waals surface area contributed by atoms with Crippen LogP contribution in [-0.2, 0) is 38.9 Å². The van der Waals surface area contributed by atoms with Gasteiger partial charge >= 0.3 is 0 Å². The molecule has 4 heteroatoms. The van der Waals surface area contributed by atoms with Gasteiger partial charge in [-0.2, -0.15) is 0 Å². The van der Waals surface area contributed by atoms with E-state index in [4.69, 9.17) is 0 Å². The van der Waals surface area contributed by atoms with E-state index >= 15 is 0 Å². The molecule has 9 radical (unpaired) electrons. The van der Waals surface area contributed by atoms with Crippen LogP contribution in [0.15, 0.2) is 0 Å². The van der Waals surface area contributed by atoms with Gasteiger partial charge in [-0.05, 0) is 0 Å². The molecule has 4 heavy (non-hydrogen) atoms. The summed E-state index contributed by atoms with van der Waals surface area (Å²) in [4.78, 5) is 0. The van der Waals surface area contributed by atoms with Crippen molar-refractivity contribution in [1.29, 1.82) is 0 Å². The van der Waals surface area contributed by atoms with Crippen molar-refractivity contribution in [3.63, 3.8) is 0 Å². The average Bonchev–Trinajstić information content (AvgIpc) is 0. The SMILES string of the molecule is [Au].[Ni].[Sn].[Sn]. The molecule has 0 heterocycles. The Morgan fingerprint density at radius 1 is 0.750 bits per heavy atom. The minimum absolute atomic E-state index is 0. The third-order valence-electron chi connectivity index (χ3n) is 0. The Balaban J connectivity index is 0. The van der Waals surface area contributed by atoms with Crippen molar-refractivity contribution in [3.05, 3.63) is 0 Å². The van der Waals surface area contributed by atoms with E-state index in [9.17, 15) is 0 Å². The van der Waals surface area contributed by atoms with Crippen LogP contribution in [0, 0.1) is 0 Å². The molecule has 0 saturated carbocycles. The van der Waals surface area contributed by atoms with Crippen molar-refractivity contribution in [3.8, 4) is 0 Å². The van der Waals surface area contributed by atoms with E-state index in [-0.39, 0.29) is 86.7 Å². The predicted molar refractivity (Wildman–Crippen MR) is 11.5 cm³/mol. The zero-order valence-electron chi connectivity index (χ0n) is 1.62. The fraction of sp³-hybridized carbons (Fsp3) is 0. The molecule has 0 aliphatic heterocycles. The first-order valence-corrected chi connectivity index (χ1v) is 0. The summed E-state index contributed by atoms with van der Waals surface area (Å²) in [5.41, 5.74) is 0. The molecule has 0 aliphatic carbocycles. The topological polar surface area (TPSA) is 0 Å². The Labute approximate surface area is 85.2 Å². The molecule has 0 saturated heterocycles. The summed E-state index contributed by atoms with van der Waals surface area (Å²) < 4.78 is 0. The van der Waals surface area contributed by atoms with Crippen LogP contribution in [0.1, 0.15) is 0 Å². The van der Waals surface area contributed by atoms with E-state index in [1.54, 1.807) is 0 Å². The first-order valence-electron chi connectivity index (χ1n) is 0. The smallest absolute Gasteiger partial charge is 0 e. The molecular formula is AuNiSn2. The first kappa shape index (κ1) is 29.0. The van der Waals surface area contributed by atoms with E-state index in [1.165, 1.54) is 0 Å². The van der Waals surface area contributed by atoms with E-state index in [1.807, 2.05) is 0 Å². The van der Waals surface area contributed by atoms with Crippen molar-refractivity contribution in [1.82, 2.24) is 0 Å². The minimum Gasteiger partial charge on any atom is 0 e. The quantitative estimate of drug-likeness (QED) is 0.390. The van der Waals surface area contributed by atoms with Crippen molar-refractivity contribution in [2.75, 3.05) is 0 Å². The van der Waals surface area contributed by atoms with Crippen LogP contribution in [0.2, 0.25) is 0 Å². The Kier molecular flexibility index (Phi) is 123. The molecule has 0 atom stereocenters. The molecule has 0 unspecified atom stereocenters. The van der Waals surface area contributed by atoms with Gasteiger partial charge in [0, 0.05) is 86.7 Å². The van der Waals surface area contributed by atoms with Crippen LogP contribution < -0.4 is 0 Å². The Bertz CT molecular complexity index is 6.00. The summed E-state index contributed by atoms with van der Waals surface area (Å²) in [5.74, 6) is 0. The van der Waals surface area contributed by atoms with Crippen molar-refractivity contribution in [2.45, 2.75) is 0 Å². The van der Waals surface area contributed by atoms with E-state index in [0.29, 0.717) is 0 Å². The van der Waals surface area contributed by atoms with E-state index < -0.39 is 0 Å². The van der Waals surface area contributed by atoms with Gasteiger partial charge in [0.15, 0.2) is 0 Å². The summed E-state index contributed by atoms with van der Waals surface area (Å²) >= 11 is 0.